The molecule has 8 rings (SSSR count). The smallest absolute Gasteiger partial charge is 1.00 e. The molecule has 0 aromatic heterocycles. The van der Waals surface area contributed by atoms with Crippen molar-refractivity contribution in [2.45, 2.75) is 6.42 Å². The van der Waals surface area contributed by atoms with Crippen molar-refractivity contribution in [1.29, 1.82) is 0 Å². The van der Waals surface area contributed by atoms with Crippen LogP contribution in [0.15, 0.2) is 127 Å². The van der Waals surface area contributed by atoms with Gasteiger partial charge in [0.2, 0.25) is 0 Å². The molecule has 0 spiro atoms. The zero-order valence-corrected chi connectivity index (χ0v) is 28.8. The van der Waals surface area contributed by atoms with Crippen molar-refractivity contribution in [3.63, 3.8) is 0 Å². The monoisotopic (exact) mass is 721 g/mol. The minimum absolute atomic E-state index is 0. The summed E-state index contributed by atoms with van der Waals surface area (Å²) < 4.78 is 0. The number of halogens is 4. The largest absolute Gasteiger partial charge is 3.00 e. The Morgan fingerprint density at radius 1 is 0.568 bits per heavy atom. The number of allylic oxidation sites excluding steroid dienone is 4. The maximum Gasteiger partial charge on any atom is 3.00 e. The molecule has 0 atom stereocenters. The van der Waals surface area contributed by atoms with Crippen LogP contribution in [0.25, 0.3) is 49.9 Å². The van der Waals surface area contributed by atoms with E-state index >= 15 is 0 Å². The van der Waals surface area contributed by atoms with Crippen LogP contribution in [0.4, 0.5) is 0 Å². The maximum atomic E-state index is 6.35. The molecule has 44 heavy (non-hydrogen) atoms. The van der Waals surface area contributed by atoms with Crippen molar-refractivity contribution in [3.05, 3.63) is 170 Å². The Labute approximate surface area is 298 Å². The van der Waals surface area contributed by atoms with Crippen LogP contribution in [0.5, 0.6) is 0 Å². The molecule has 0 heterocycles. The molecule has 0 saturated heterocycles. The van der Waals surface area contributed by atoms with Gasteiger partial charge in [-0.05, 0) is 74.5 Å². The van der Waals surface area contributed by atoms with Crippen molar-refractivity contribution in [1.82, 2.24) is 0 Å². The zero-order chi connectivity index (χ0) is 27.5. The van der Waals surface area contributed by atoms with Crippen molar-refractivity contribution < 1.29 is 51.0 Å². The van der Waals surface area contributed by atoms with E-state index in [0.717, 1.165) is 38.4 Å². The van der Waals surface area contributed by atoms with Gasteiger partial charge in [0.15, 0.2) is 0 Å². The second kappa shape index (κ2) is 13.2. The van der Waals surface area contributed by atoms with Gasteiger partial charge >= 0.3 is 26.2 Å². The molecule has 0 amide bonds. The van der Waals surface area contributed by atoms with E-state index in [9.17, 15) is 0 Å². The first-order chi connectivity index (χ1) is 20.2. The Hall–Kier alpha value is -2.90. The molecule has 211 valence electrons. The number of rotatable bonds is 3. The first-order valence-corrected chi connectivity index (χ1v) is 14.6. The van der Waals surface area contributed by atoms with Gasteiger partial charge in [-0.3, -0.25) is 0 Å². The van der Waals surface area contributed by atoms with Crippen LogP contribution in [-0.2, 0) is 26.2 Å². The van der Waals surface area contributed by atoms with Crippen molar-refractivity contribution >= 4 is 62.0 Å². The molecule has 0 N–H and O–H groups in total. The molecule has 6 aromatic rings. The Morgan fingerprint density at radius 2 is 1.11 bits per heavy atom. The summed E-state index contributed by atoms with van der Waals surface area (Å²) in [4.78, 5) is 0. The summed E-state index contributed by atoms with van der Waals surface area (Å²) in [6, 6.07) is 38.3. The first kappa shape index (κ1) is 32.5. The van der Waals surface area contributed by atoms with Gasteiger partial charge in [-0.25, -0.2) is 0 Å². The summed E-state index contributed by atoms with van der Waals surface area (Å²) >= 11 is 12.7. The van der Waals surface area contributed by atoms with E-state index in [0.29, 0.717) is 0 Å². The minimum atomic E-state index is 0. The average Bonchev–Trinajstić information content (AvgIpc) is 3.68. The third-order valence-corrected chi connectivity index (χ3v) is 8.78. The predicted octanol–water partition coefficient (Wildman–Crippen LogP) is 3.58. The molecule has 0 bridgehead atoms. The SMILES string of the molecule is Clc1ccc(C(c2ccc(Cl)cc2)=c2ccc3c(c2C2=CC=CC2)-c2c(c4ccccc4c4ccccc24)[C-]=3)cc1.[Cl-].[Cl-].[Zr+3]. The first-order valence-electron chi connectivity index (χ1n) is 13.8. The van der Waals surface area contributed by atoms with Crippen molar-refractivity contribution in [2.24, 2.45) is 0 Å². The van der Waals surface area contributed by atoms with Crippen LogP contribution in [0, 0.1) is 0 Å². The Morgan fingerprint density at radius 3 is 1.68 bits per heavy atom. The second-order valence-electron chi connectivity index (χ2n) is 10.6. The van der Waals surface area contributed by atoms with E-state index < -0.39 is 0 Å². The molecular formula is C39H23Cl4Zr. The predicted molar refractivity (Wildman–Crippen MR) is 175 cm³/mol. The molecule has 0 fully saturated rings. The molecule has 6 aromatic carbocycles. The van der Waals surface area contributed by atoms with E-state index in [4.69, 9.17) is 23.2 Å². The van der Waals surface area contributed by atoms with Gasteiger partial charge in [0.25, 0.3) is 0 Å². The Kier molecular flexibility index (Phi) is 9.76. The van der Waals surface area contributed by atoms with Crippen LogP contribution >= 0.6 is 23.2 Å². The number of hydrogen-bond acceptors (Lipinski definition) is 0. The standard InChI is InChI=1S/C39H23Cl2.2ClH.Zr/c40-28-18-13-25(14-19-28)36(26-15-20-29(41)21-16-26)34-22-17-27-23-35-32-11-4-3-9-30(32)31-10-5-6-12-33(31)39(35)38(27)37(34)24-7-1-2-8-24;;;/h1-7,9-22H,8H2;2*1H;/q-1;;;+3/p-2. The van der Waals surface area contributed by atoms with Crippen LogP contribution in [0.1, 0.15) is 28.7 Å². The maximum absolute atomic E-state index is 6.35. The van der Waals surface area contributed by atoms with Gasteiger partial charge in [-0.15, -0.1) is 28.5 Å². The Balaban J connectivity index is 0.00000128. The molecule has 0 saturated carbocycles. The van der Waals surface area contributed by atoms with Gasteiger partial charge in [0.1, 0.15) is 0 Å². The topological polar surface area (TPSA) is 0 Å². The van der Waals surface area contributed by atoms with E-state index in [2.05, 4.69) is 109 Å². The normalized spacial score (nSPS) is 12.4. The van der Waals surface area contributed by atoms with Crippen LogP contribution in [0.2, 0.25) is 10.0 Å². The summed E-state index contributed by atoms with van der Waals surface area (Å²) in [5.74, 6) is 0. The fourth-order valence-corrected chi connectivity index (χ4v) is 6.77. The van der Waals surface area contributed by atoms with E-state index in [1.54, 1.807) is 0 Å². The van der Waals surface area contributed by atoms with Crippen LogP contribution < -0.4 is 35.3 Å². The van der Waals surface area contributed by atoms with Gasteiger partial charge in [-0.1, -0.05) is 137 Å². The number of fused-ring (bicyclic) bond motifs is 8. The summed E-state index contributed by atoms with van der Waals surface area (Å²) in [7, 11) is 0. The summed E-state index contributed by atoms with van der Waals surface area (Å²) in [5, 5.41) is 8.80. The van der Waals surface area contributed by atoms with Crippen LogP contribution in [0.3, 0.4) is 0 Å². The quantitative estimate of drug-likeness (QED) is 0.193. The molecule has 2 aliphatic rings. The molecule has 2 aliphatic carbocycles. The average molecular weight is 725 g/mol. The van der Waals surface area contributed by atoms with Gasteiger partial charge < -0.3 is 24.8 Å². The molecular weight excluding hydrogens is 701 g/mol. The summed E-state index contributed by atoms with van der Waals surface area (Å²) in [5.41, 5.74) is 9.66. The minimum Gasteiger partial charge on any atom is -1.00 e. The van der Waals surface area contributed by atoms with Gasteiger partial charge in [-0.2, -0.15) is 0 Å². The number of benzene rings is 6. The van der Waals surface area contributed by atoms with Crippen molar-refractivity contribution in [2.75, 3.05) is 0 Å². The fraction of sp³-hybridized carbons (Fsp3) is 0.0256. The Bertz CT molecular complexity index is 2180. The molecule has 1 radical (unpaired) electrons. The third-order valence-electron chi connectivity index (χ3n) is 8.28. The molecule has 5 heteroatoms. The van der Waals surface area contributed by atoms with Crippen LogP contribution in [-0.4, -0.2) is 0 Å². The molecule has 0 nitrogen and oxygen atoms in total. The van der Waals surface area contributed by atoms with E-state index in [1.807, 2.05) is 24.3 Å². The molecule has 0 aliphatic heterocycles. The van der Waals surface area contributed by atoms with Crippen molar-refractivity contribution in [3.8, 4) is 11.1 Å². The zero-order valence-electron chi connectivity index (χ0n) is 23.3. The third kappa shape index (κ3) is 5.34. The second-order valence-corrected chi connectivity index (χ2v) is 11.5. The van der Waals surface area contributed by atoms with E-state index in [1.165, 1.54) is 54.6 Å². The van der Waals surface area contributed by atoms with Gasteiger partial charge in [0, 0.05) is 10.0 Å². The number of hydrogen-bond donors (Lipinski definition) is 0. The summed E-state index contributed by atoms with van der Waals surface area (Å²) in [6.45, 7) is 0. The fourth-order valence-electron chi connectivity index (χ4n) is 6.52. The van der Waals surface area contributed by atoms with E-state index in [-0.39, 0.29) is 51.0 Å². The van der Waals surface area contributed by atoms with Gasteiger partial charge in [0.05, 0.1) is 0 Å². The summed E-state index contributed by atoms with van der Waals surface area (Å²) in [6.07, 6.45) is 11.4. The molecule has 0 unspecified atom stereocenters.